The van der Waals surface area contributed by atoms with Crippen LogP contribution in [0.3, 0.4) is 0 Å². The minimum absolute atomic E-state index is 0.524. The van der Waals surface area contributed by atoms with Crippen molar-refractivity contribution in [3.8, 4) is 0 Å². The molecular formula is C18H28N4. The highest BCUT2D eigenvalue weighted by Crippen LogP contribution is 2.21. The van der Waals surface area contributed by atoms with Crippen LogP contribution in [0.1, 0.15) is 24.5 Å². The van der Waals surface area contributed by atoms with Gasteiger partial charge in [0.2, 0.25) is 0 Å². The van der Waals surface area contributed by atoms with Crippen molar-refractivity contribution < 1.29 is 0 Å². The molecule has 0 saturated heterocycles. The van der Waals surface area contributed by atoms with Gasteiger partial charge in [-0.15, -0.1) is 6.58 Å². The summed E-state index contributed by atoms with van der Waals surface area (Å²) in [6.45, 7) is 9.80. The van der Waals surface area contributed by atoms with Crippen LogP contribution in [0.15, 0.2) is 41.9 Å². The van der Waals surface area contributed by atoms with E-state index in [1.807, 2.05) is 6.08 Å². The van der Waals surface area contributed by atoms with E-state index in [4.69, 9.17) is 0 Å². The maximum Gasteiger partial charge on any atom is 0.191 e. The Morgan fingerprint density at radius 1 is 1.36 bits per heavy atom. The van der Waals surface area contributed by atoms with Crippen LogP contribution in [0, 0.1) is 0 Å². The van der Waals surface area contributed by atoms with Gasteiger partial charge in [0.25, 0.3) is 0 Å². The Balaban J connectivity index is 1.91. The first-order valence-corrected chi connectivity index (χ1v) is 8.14. The van der Waals surface area contributed by atoms with Crippen molar-refractivity contribution >= 4 is 5.96 Å². The first-order valence-electron chi connectivity index (χ1n) is 8.14. The third kappa shape index (κ3) is 4.34. The lowest BCUT2D eigenvalue weighted by molar-refractivity contribution is 0.174. The van der Waals surface area contributed by atoms with Crippen LogP contribution in [-0.2, 0) is 13.0 Å². The lowest BCUT2D eigenvalue weighted by atomic mass is 9.98. The normalized spacial score (nSPS) is 16.7. The van der Waals surface area contributed by atoms with Crippen molar-refractivity contribution in [2.75, 3.05) is 26.7 Å². The molecule has 1 aromatic rings. The molecule has 0 aliphatic carbocycles. The smallest absolute Gasteiger partial charge is 0.191 e. The second kappa shape index (κ2) is 8.59. The highest BCUT2D eigenvalue weighted by molar-refractivity contribution is 5.79. The summed E-state index contributed by atoms with van der Waals surface area (Å²) in [4.78, 5) is 6.82. The molecule has 1 heterocycles. The summed E-state index contributed by atoms with van der Waals surface area (Å²) in [5, 5.41) is 6.65. The molecule has 1 aromatic carbocycles. The molecule has 0 fully saturated rings. The summed E-state index contributed by atoms with van der Waals surface area (Å²) in [6.07, 6.45) is 4.12. The lowest BCUT2D eigenvalue weighted by Gasteiger charge is -2.35. The van der Waals surface area contributed by atoms with Crippen molar-refractivity contribution in [2.45, 2.75) is 32.4 Å². The molecule has 0 saturated carbocycles. The molecule has 0 aromatic heterocycles. The molecule has 1 aliphatic heterocycles. The van der Waals surface area contributed by atoms with Gasteiger partial charge in [-0.2, -0.15) is 0 Å². The van der Waals surface area contributed by atoms with Crippen LogP contribution < -0.4 is 10.6 Å². The zero-order valence-corrected chi connectivity index (χ0v) is 13.8. The Morgan fingerprint density at radius 2 is 2.14 bits per heavy atom. The first-order chi connectivity index (χ1) is 10.8. The average molecular weight is 300 g/mol. The number of fused-ring (bicyclic) bond motifs is 1. The van der Waals surface area contributed by atoms with E-state index in [9.17, 15) is 0 Å². The van der Waals surface area contributed by atoms with E-state index in [1.165, 1.54) is 11.1 Å². The SMILES string of the molecule is C=CCNC(=NC)NCC(CC)N1CCc2ccccc2C1. The van der Waals surface area contributed by atoms with Crippen molar-refractivity contribution in [2.24, 2.45) is 4.99 Å². The highest BCUT2D eigenvalue weighted by atomic mass is 15.2. The Kier molecular flexibility index (Phi) is 6.46. The molecule has 2 rings (SSSR count). The van der Waals surface area contributed by atoms with Crippen molar-refractivity contribution in [3.05, 3.63) is 48.0 Å². The fourth-order valence-corrected chi connectivity index (χ4v) is 2.96. The second-order valence-electron chi connectivity index (χ2n) is 5.67. The molecule has 22 heavy (non-hydrogen) atoms. The van der Waals surface area contributed by atoms with Gasteiger partial charge in [0.15, 0.2) is 5.96 Å². The number of hydrogen-bond donors (Lipinski definition) is 2. The van der Waals surface area contributed by atoms with E-state index in [0.29, 0.717) is 6.04 Å². The molecule has 120 valence electrons. The van der Waals surface area contributed by atoms with Gasteiger partial charge in [-0.1, -0.05) is 37.3 Å². The Bertz CT molecular complexity index is 510. The minimum atomic E-state index is 0.524. The van der Waals surface area contributed by atoms with Gasteiger partial charge in [-0.3, -0.25) is 9.89 Å². The van der Waals surface area contributed by atoms with E-state index in [0.717, 1.165) is 45.0 Å². The zero-order chi connectivity index (χ0) is 15.8. The monoisotopic (exact) mass is 300 g/mol. The molecule has 0 bridgehead atoms. The molecule has 0 radical (unpaired) electrons. The van der Waals surface area contributed by atoms with Crippen LogP contribution in [0.4, 0.5) is 0 Å². The lowest BCUT2D eigenvalue weighted by Crippen LogP contribution is -2.48. The summed E-state index contributed by atoms with van der Waals surface area (Å²) in [7, 11) is 1.80. The van der Waals surface area contributed by atoms with Gasteiger partial charge in [0.05, 0.1) is 0 Å². The van der Waals surface area contributed by atoms with Gasteiger partial charge in [-0.25, -0.2) is 0 Å². The van der Waals surface area contributed by atoms with Gasteiger partial charge >= 0.3 is 0 Å². The fraction of sp³-hybridized carbons (Fsp3) is 0.500. The van der Waals surface area contributed by atoms with E-state index >= 15 is 0 Å². The topological polar surface area (TPSA) is 39.7 Å². The number of hydrogen-bond acceptors (Lipinski definition) is 2. The van der Waals surface area contributed by atoms with E-state index in [1.54, 1.807) is 7.05 Å². The molecule has 0 spiro atoms. The van der Waals surface area contributed by atoms with Crippen LogP contribution >= 0.6 is 0 Å². The highest BCUT2D eigenvalue weighted by Gasteiger charge is 2.22. The largest absolute Gasteiger partial charge is 0.355 e. The van der Waals surface area contributed by atoms with E-state index in [-0.39, 0.29) is 0 Å². The number of nitrogens with zero attached hydrogens (tertiary/aromatic N) is 2. The predicted octanol–water partition coefficient (Wildman–Crippen LogP) is 2.17. The Hall–Kier alpha value is -1.81. The average Bonchev–Trinajstić information content (AvgIpc) is 2.58. The molecule has 1 unspecified atom stereocenters. The number of rotatable bonds is 6. The number of aliphatic imine (C=N–C) groups is 1. The summed E-state index contributed by atoms with van der Waals surface area (Å²) in [5.41, 5.74) is 2.98. The van der Waals surface area contributed by atoms with Crippen LogP contribution in [0.25, 0.3) is 0 Å². The second-order valence-corrected chi connectivity index (χ2v) is 5.67. The fourth-order valence-electron chi connectivity index (χ4n) is 2.96. The predicted molar refractivity (Wildman–Crippen MR) is 94.2 cm³/mol. The minimum Gasteiger partial charge on any atom is -0.355 e. The molecule has 2 N–H and O–H groups in total. The zero-order valence-electron chi connectivity index (χ0n) is 13.8. The molecule has 1 atom stereocenters. The maximum absolute atomic E-state index is 4.24. The number of nitrogens with one attached hydrogen (secondary N) is 2. The van der Waals surface area contributed by atoms with Crippen molar-refractivity contribution in [1.29, 1.82) is 0 Å². The molecule has 1 aliphatic rings. The molecule has 4 nitrogen and oxygen atoms in total. The summed E-state index contributed by atoms with van der Waals surface area (Å²) in [6, 6.07) is 9.32. The quantitative estimate of drug-likeness (QED) is 0.480. The van der Waals surface area contributed by atoms with Gasteiger partial charge in [0, 0.05) is 39.3 Å². The third-order valence-corrected chi connectivity index (χ3v) is 4.29. The van der Waals surface area contributed by atoms with Gasteiger partial charge in [0.1, 0.15) is 0 Å². The number of benzene rings is 1. The molecular weight excluding hydrogens is 272 g/mol. The Labute approximate surface area is 134 Å². The van der Waals surface area contributed by atoms with Gasteiger partial charge in [-0.05, 0) is 24.0 Å². The first kappa shape index (κ1) is 16.6. The van der Waals surface area contributed by atoms with E-state index in [2.05, 4.69) is 58.3 Å². The van der Waals surface area contributed by atoms with Crippen molar-refractivity contribution in [1.82, 2.24) is 15.5 Å². The molecule has 4 heteroatoms. The third-order valence-electron chi connectivity index (χ3n) is 4.29. The van der Waals surface area contributed by atoms with Crippen LogP contribution in [0.5, 0.6) is 0 Å². The maximum atomic E-state index is 4.24. The van der Waals surface area contributed by atoms with Gasteiger partial charge < -0.3 is 10.6 Å². The Morgan fingerprint density at radius 3 is 2.82 bits per heavy atom. The summed E-state index contributed by atoms with van der Waals surface area (Å²) >= 11 is 0. The van der Waals surface area contributed by atoms with E-state index < -0.39 is 0 Å². The van der Waals surface area contributed by atoms with Crippen LogP contribution in [-0.4, -0.2) is 43.6 Å². The molecule has 0 amide bonds. The standard InChI is InChI=1S/C18H28N4/c1-4-11-20-18(19-3)21-13-17(5-2)22-12-10-15-8-6-7-9-16(15)14-22/h4,6-9,17H,1,5,10-14H2,2-3H3,(H2,19,20,21). The number of guanidine groups is 1. The summed E-state index contributed by atoms with van der Waals surface area (Å²) < 4.78 is 0. The van der Waals surface area contributed by atoms with Crippen LogP contribution in [0.2, 0.25) is 0 Å². The van der Waals surface area contributed by atoms with Crippen molar-refractivity contribution in [3.63, 3.8) is 0 Å². The summed E-state index contributed by atoms with van der Waals surface area (Å²) in [5.74, 6) is 0.843.